The number of rotatable bonds is 3. The molecule has 0 heterocycles. The number of hydrogen-bond acceptors (Lipinski definition) is 2. The highest BCUT2D eigenvalue weighted by atomic mass is 35.5. The molecule has 0 aliphatic carbocycles. The Morgan fingerprint density at radius 2 is 1.94 bits per heavy atom. The number of aliphatic carboxylic acids is 1. The summed E-state index contributed by atoms with van der Waals surface area (Å²) in [6.45, 7) is 0. The first-order valence-corrected chi connectivity index (χ1v) is 4.43. The van der Waals surface area contributed by atoms with Crippen LogP contribution in [-0.2, 0) is 4.79 Å². The average Bonchev–Trinajstić information content (AvgIpc) is 2.18. The zero-order valence-electron chi connectivity index (χ0n) is 7.78. The van der Waals surface area contributed by atoms with Crippen molar-refractivity contribution in [3.63, 3.8) is 0 Å². The maximum absolute atomic E-state index is 13.3. The molecule has 16 heavy (non-hydrogen) atoms. The van der Waals surface area contributed by atoms with Crippen LogP contribution in [0.15, 0.2) is 18.2 Å². The van der Waals surface area contributed by atoms with Crippen molar-refractivity contribution in [1.82, 2.24) is 0 Å². The molecule has 0 saturated carbocycles. The molecule has 0 amide bonds. The predicted molar refractivity (Wildman–Crippen MR) is 55.0 cm³/mol. The van der Waals surface area contributed by atoms with Crippen molar-refractivity contribution in [2.45, 2.75) is 0 Å². The summed E-state index contributed by atoms with van der Waals surface area (Å²) in [7, 11) is 0. The largest absolute Gasteiger partial charge is 0.478 e. The fourth-order valence-corrected chi connectivity index (χ4v) is 1.27. The third-order valence-corrected chi connectivity index (χ3v) is 2.03. The SMILES string of the molecule is O=C(O)C=Cc1cc(Cl)c(C(=O)O)cc1F. The van der Waals surface area contributed by atoms with Crippen LogP contribution in [0, 0.1) is 5.82 Å². The number of halogens is 2. The Hall–Kier alpha value is -1.88. The molecule has 0 fully saturated rings. The Morgan fingerprint density at radius 1 is 1.31 bits per heavy atom. The molecule has 6 heteroatoms. The third-order valence-electron chi connectivity index (χ3n) is 1.72. The molecular formula is C10H6ClFO4. The maximum atomic E-state index is 13.3. The van der Waals surface area contributed by atoms with Crippen LogP contribution in [0.5, 0.6) is 0 Å². The Bertz CT molecular complexity index is 482. The van der Waals surface area contributed by atoms with Crippen molar-refractivity contribution in [2.75, 3.05) is 0 Å². The molecule has 84 valence electrons. The molecule has 0 saturated heterocycles. The van der Waals surface area contributed by atoms with E-state index in [2.05, 4.69) is 0 Å². The molecule has 1 aromatic rings. The lowest BCUT2D eigenvalue weighted by atomic mass is 10.1. The van der Waals surface area contributed by atoms with Crippen molar-refractivity contribution in [3.8, 4) is 0 Å². The summed E-state index contributed by atoms with van der Waals surface area (Å²) in [5.74, 6) is -3.44. The van der Waals surface area contributed by atoms with E-state index in [1.54, 1.807) is 0 Å². The smallest absolute Gasteiger partial charge is 0.337 e. The van der Waals surface area contributed by atoms with Gasteiger partial charge in [0.15, 0.2) is 0 Å². The quantitative estimate of drug-likeness (QED) is 0.800. The maximum Gasteiger partial charge on any atom is 0.337 e. The summed E-state index contributed by atoms with van der Waals surface area (Å²) in [4.78, 5) is 20.8. The summed E-state index contributed by atoms with van der Waals surface area (Å²) < 4.78 is 13.3. The zero-order valence-corrected chi connectivity index (χ0v) is 8.53. The predicted octanol–water partition coefficient (Wildman–Crippen LogP) is 2.28. The minimum Gasteiger partial charge on any atom is -0.478 e. The first-order valence-electron chi connectivity index (χ1n) is 4.05. The van der Waals surface area contributed by atoms with Crippen LogP contribution in [-0.4, -0.2) is 22.2 Å². The first-order chi connectivity index (χ1) is 7.41. The van der Waals surface area contributed by atoms with Gasteiger partial charge < -0.3 is 10.2 Å². The highest BCUT2D eigenvalue weighted by Crippen LogP contribution is 2.21. The van der Waals surface area contributed by atoms with Crippen molar-refractivity contribution in [2.24, 2.45) is 0 Å². The molecular weight excluding hydrogens is 239 g/mol. The molecule has 0 radical (unpaired) electrons. The lowest BCUT2D eigenvalue weighted by Crippen LogP contribution is -1.99. The van der Waals surface area contributed by atoms with E-state index in [9.17, 15) is 14.0 Å². The van der Waals surface area contributed by atoms with Crippen LogP contribution in [0.4, 0.5) is 4.39 Å². The normalized spacial score (nSPS) is 10.6. The molecule has 0 unspecified atom stereocenters. The second-order valence-corrected chi connectivity index (χ2v) is 3.24. The fourth-order valence-electron chi connectivity index (χ4n) is 1.01. The van der Waals surface area contributed by atoms with E-state index in [1.165, 1.54) is 0 Å². The zero-order chi connectivity index (χ0) is 12.3. The van der Waals surface area contributed by atoms with Gasteiger partial charge in [0.25, 0.3) is 0 Å². The van der Waals surface area contributed by atoms with Gasteiger partial charge in [-0.2, -0.15) is 0 Å². The van der Waals surface area contributed by atoms with Gasteiger partial charge in [-0.1, -0.05) is 11.6 Å². The number of aromatic carboxylic acids is 1. The Kier molecular flexibility index (Phi) is 3.63. The standard InChI is InChI=1S/C10H6ClFO4/c11-7-3-5(1-2-9(13)14)8(12)4-6(7)10(15)16/h1-4H,(H,13,14)(H,15,16). The highest BCUT2D eigenvalue weighted by molar-refractivity contribution is 6.33. The van der Waals surface area contributed by atoms with Gasteiger partial charge in [-0.05, 0) is 18.2 Å². The summed E-state index contributed by atoms with van der Waals surface area (Å²) in [5, 5.41) is 16.8. The van der Waals surface area contributed by atoms with E-state index in [4.69, 9.17) is 21.8 Å². The monoisotopic (exact) mass is 244 g/mol. The van der Waals surface area contributed by atoms with Crippen molar-refractivity contribution < 1.29 is 24.2 Å². The van der Waals surface area contributed by atoms with Crippen LogP contribution < -0.4 is 0 Å². The van der Waals surface area contributed by atoms with Gasteiger partial charge >= 0.3 is 11.9 Å². The van der Waals surface area contributed by atoms with Crippen LogP contribution in [0.1, 0.15) is 15.9 Å². The Morgan fingerprint density at radius 3 is 2.44 bits per heavy atom. The molecule has 0 aliphatic heterocycles. The van der Waals surface area contributed by atoms with Crippen molar-refractivity contribution >= 4 is 29.6 Å². The number of carboxylic acids is 2. The van der Waals surface area contributed by atoms with Gasteiger partial charge in [0.1, 0.15) is 5.82 Å². The van der Waals surface area contributed by atoms with Crippen molar-refractivity contribution in [1.29, 1.82) is 0 Å². The number of carboxylic acid groups (broad SMARTS) is 2. The Balaban J connectivity index is 3.20. The molecule has 0 aliphatic rings. The van der Waals surface area contributed by atoms with E-state index in [0.29, 0.717) is 0 Å². The Labute approximate surface area is 94.6 Å². The second kappa shape index (κ2) is 4.76. The van der Waals surface area contributed by atoms with Crippen LogP contribution >= 0.6 is 11.6 Å². The van der Waals surface area contributed by atoms with Gasteiger partial charge in [0, 0.05) is 11.6 Å². The molecule has 0 atom stereocenters. The van der Waals surface area contributed by atoms with E-state index in [0.717, 1.165) is 24.3 Å². The van der Waals surface area contributed by atoms with Crippen molar-refractivity contribution in [3.05, 3.63) is 40.2 Å². The van der Waals surface area contributed by atoms with Gasteiger partial charge in [-0.3, -0.25) is 0 Å². The topological polar surface area (TPSA) is 74.6 Å². The third kappa shape index (κ3) is 2.80. The summed E-state index contributed by atoms with van der Waals surface area (Å²) in [6.07, 6.45) is 1.73. The van der Waals surface area contributed by atoms with E-state index < -0.39 is 17.8 Å². The number of carbonyl (C=O) groups is 2. The van der Waals surface area contributed by atoms with Crippen LogP contribution in [0.3, 0.4) is 0 Å². The minimum atomic E-state index is -1.35. The average molecular weight is 245 g/mol. The van der Waals surface area contributed by atoms with Gasteiger partial charge in [-0.15, -0.1) is 0 Å². The molecule has 0 spiro atoms. The molecule has 0 bridgehead atoms. The summed E-state index contributed by atoms with van der Waals surface area (Å²) in [6, 6.07) is 1.80. The summed E-state index contributed by atoms with van der Waals surface area (Å²) >= 11 is 5.58. The van der Waals surface area contributed by atoms with Gasteiger partial charge in [0.05, 0.1) is 10.6 Å². The highest BCUT2D eigenvalue weighted by Gasteiger charge is 2.12. The van der Waals surface area contributed by atoms with E-state index in [1.807, 2.05) is 0 Å². The summed E-state index contributed by atoms with van der Waals surface area (Å²) in [5.41, 5.74) is -0.455. The van der Waals surface area contributed by atoms with E-state index in [-0.39, 0.29) is 16.1 Å². The molecule has 1 rings (SSSR count). The first kappa shape index (κ1) is 12.2. The minimum absolute atomic E-state index is 0.0857. The molecule has 2 N–H and O–H groups in total. The molecule has 4 nitrogen and oxygen atoms in total. The lowest BCUT2D eigenvalue weighted by Gasteiger charge is -2.02. The second-order valence-electron chi connectivity index (χ2n) is 2.83. The lowest BCUT2D eigenvalue weighted by molar-refractivity contribution is -0.131. The van der Waals surface area contributed by atoms with Crippen LogP contribution in [0.2, 0.25) is 5.02 Å². The number of hydrogen-bond donors (Lipinski definition) is 2. The van der Waals surface area contributed by atoms with Gasteiger partial charge in [-0.25, -0.2) is 14.0 Å². The number of benzene rings is 1. The van der Waals surface area contributed by atoms with E-state index >= 15 is 0 Å². The molecule has 1 aromatic carbocycles. The van der Waals surface area contributed by atoms with Gasteiger partial charge in [0.2, 0.25) is 0 Å². The van der Waals surface area contributed by atoms with Crippen LogP contribution in [0.25, 0.3) is 6.08 Å². The molecule has 0 aromatic heterocycles. The fraction of sp³-hybridized carbons (Fsp3) is 0.